The van der Waals surface area contributed by atoms with Gasteiger partial charge in [0.1, 0.15) is 12.6 Å². The Morgan fingerprint density at radius 3 is 2.09 bits per heavy atom. The van der Waals surface area contributed by atoms with Crippen molar-refractivity contribution in [1.82, 2.24) is 10.2 Å². The summed E-state index contributed by atoms with van der Waals surface area (Å²) < 4.78 is 27.4. The molecular weight excluding hydrogens is 530 g/mol. The molecule has 0 fully saturated rings. The molecule has 7 nitrogen and oxygen atoms in total. The van der Waals surface area contributed by atoms with Crippen molar-refractivity contribution < 1.29 is 18.0 Å². The van der Waals surface area contributed by atoms with E-state index >= 15 is 0 Å². The van der Waals surface area contributed by atoms with Crippen LogP contribution in [0.4, 0.5) is 5.69 Å². The van der Waals surface area contributed by atoms with E-state index in [4.69, 9.17) is 0 Å². The quantitative estimate of drug-likeness (QED) is 0.460. The second-order valence-corrected chi connectivity index (χ2v) is 12.5. The molecule has 1 atom stereocenters. The van der Waals surface area contributed by atoms with Crippen molar-refractivity contribution in [2.45, 2.75) is 59.0 Å². The molecule has 0 spiro atoms. The molecule has 0 heterocycles. The Hall–Kier alpha value is -2.39. The average Bonchev–Trinajstić information content (AvgIpc) is 2.78. The molecule has 0 radical (unpaired) electrons. The first kappa shape index (κ1) is 28.8. The van der Waals surface area contributed by atoms with Gasteiger partial charge < -0.3 is 10.2 Å². The van der Waals surface area contributed by atoms with Crippen molar-refractivity contribution in [2.75, 3.05) is 23.7 Å². The highest BCUT2D eigenvalue weighted by atomic mass is 79.9. The molecule has 2 rings (SSSR count). The van der Waals surface area contributed by atoms with Gasteiger partial charge in [-0.3, -0.25) is 13.9 Å². The lowest BCUT2D eigenvalue weighted by molar-refractivity contribution is -0.139. The van der Waals surface area contributed by atoms with E-state index in [1.807, 2.05) is 43.3 Å². The van der Waals surface area contributed by atoms with Gasteiger partial charge in [-0.05, 0) is 54.2 Å². The molecule has 192 valence electrons. The van der Waals surface area contributed by atoms with Crippen LogP contribution in [0, 0.1) is 0 Å². The van der Waals surface area contributed by atoms with Gasteiger partial charge in [-0.25, -0.2) is 8.42 Å². The van der Waals surface area contributed by atoms with Gasteiger partial charge in [-0.1, -0.05) is 67.9 Å². The van der Waals surface area contributed by atoms with Crippen LogP contribution in [0.1, 0.15) is 52.2 Å². The number of hydrogen-bond donors (Lipinski definition) is 1. The lowest BCUT2D eigenvalue weighted by Gasteiger charge is -2.31. The van der Waals surface area contributed by atoms with Crippen molar-refractivity contribution in [1.29, 1.82) is 0 Å². The summed E-state index contributed by atoms with van der Waals surface area (Å²) in [5, 5.41) is 2.83. The van der Waals surface area contributed by atoms with E-state index in [9.17, 15) is 18.0 Å². The van der Waals surface area contributed by atoms with Crippen LogP contribution in [0.15, 0.2) is 53.0 Å². The molecule has 0 aliphatic rings. The summed E-state index contributed by atoms with van der Waals surface area (Å²) >= 11 is 3.40. The number of amides is 2. The zero-order valence-electron chi connectivity index (χ0n) is 21.3. The largest absolute Gasteiger partial charge is 0.354 e. The number of nitrogens with one attached hydrogen (secondary N) is 1. The minimum Gasteiger partial charge on any atom is -0.354 e. The maximum absolute atomic E-state index is 13.5. The summed E-state index contributed by atoms with van der Waals surface area (Å²) in [6.45, 7) is 10.1. The molecule has 9 heteroatoms. The molecule has 1 N–H and O–H groups in total. The van der Waals surface area contributed by atoms with Crippen LogP contribution in [0.25, 0.3) is 0 Å². The number of carbonyl (C=O) groups is 2. The number of carbonyl (C=O) groups excluding carboxylic acids is 2. The van der Waals surface area contributed by atoms with Crippen LogP contribution in [0.3, 0.4) is 0 Å². The minimum atomic E-state index is -3.75. The van der Waals surface area contributed by atoms with Gasteiger partial charge in [0.05, 0.1) is 11.9 Å². The van der Waals surface area contributed by atoms with Crippen molar-refractivity contribution in [3.05, 3.63) is 64.1 Å². The number of sulfonamides is 1. The van der Waals surface area contributed by atoms with Gasteiger partial charge in [0, 0.05) is 17.6 Å². The Morgan fingerprint density at radius 1 is 1.03 bits per heavy atom. The number of rotatable bonds is 10. The third-order valence-electron chi connectivity index (χ3n) is 5.68. The molecule has 2 aromatic carbocycles. The SMILES string of the molecule is CCCNC(=O)[C@@H](C)N(Cc1ccc(Br)cc1)C(=O)CN(c1ccc(C(C)(C)C)cc1)S(C)(=O)=O. The molecule has 0 bridgehead atoms. The van der Waals surface area contributed by atoms with Crippen LogP contribution in [0.2, 0.25) is 0 Å². The fourth-order valence-corrected chi connectivity index (χ4v) is 4.62. The number of nitrogens with zero attached hydrogens (tertiary/aromatic N) is 2. The fraction of sp³-hybridized carbons (Fsp3) is 0.462. The van der Waals surface area contributed by atoms with Gasteiger partial charge >= 0.3 is 0 Å². The van der Waals surface area contributed by atoms with Crippen LogP contribution >= 0.6 is 15.9 Å². The van der Waals surface area contributed by atoms with E-state index in [0.29, 0.717) is 12.2 Å². The molecule has 0 saturated carbocycles. The van der Waals surface area contributed by atoms with Crippen molar-refractivity contribution in [3.8, 4) is 0 Å². The maximum Gasteiger partial charge on any atom is 0.244 e. The zero-order valence-corrected chi connectivity index (χ0v) is 23.7. The molecule has 0 aromatic heterocycles. The molecule has 0 saturated heterocycles. The Kier molecular flexibility index (Phi) is 9.92. The maximum atomic E-state index is 13.5. The van der Waals surface area contributed by atoms with Crippen LogP contribution < -0.4 is 9.62 Å². The summed E-state index contributed by atoms with van der Waals surface area (Å²) in [4.78, 5) is 27.7. The molecule has 35 heavy (non-hydrogen) atoms. The van der Waals surface area contributed by atoms with Gasteiger partial charge in [-0.2, -0.15) is 0 Å². The van der Waals surface area contributed by atoms with Gasteiger partial charge in [0.15, 0.2) is 0 Å². The number of benzene rings is 2. The third-order valence-corrected chi connectivity index (χ3v) is 7.35. The van der Waals surface area contributed by atoms with Crippen molar-refractivity contribution in [2.24, 2.45) is 0 Å². The van der Waals surface area contributed by atoms with Gasteiger partial charge in [0.2, 0.25) is 21.8 Å². The number of anilines is 1. The van der Waals surface area contributed by atoms with E-state index in [-0.39, 0.29) is 17.9 Å². The first-order chi connectivity index (χ1) is 16.2. The number of halogens is 1. The molecule has 0 aliphatic carbocycles. The second kappa shape index (κ2) is 12.0. The minimum absolute atomic E-state index is 0.0902. The van der Waals surface area contributed by atoms with Gasteiger partial charge in [0.25, 0.3) is 0 Å². The molecule has 0 unspecified atom stereocenters. The Morgan fingerprint density at radius 2 is 1.60 bits per heavy atom. The molecular formula is C26H36BrN3O4S. The molecule has 2 aromatic rings. The predicted molar refractivity (Wildman–Crippen MR) is 145 cm³/mol. The molecule has 2 amide bonds. The standard InChI is InChI=1S/C26H36BrN3O4S/c1-7-16-28-25(32)19(2)29(17-20-8-12-22(27)13-9-20)24(31)18-30(35(6,33)34)23-14-10-21(11-15-23)26(3,4)5/h8-15,19H,7,16-18H2,1-6H3,(H,28,32)/t19-/m1/s1. The fourth-order valence-electron chi connectivity index (χ4n) is 3.51. The summed E-state index contributed by atoms with van der Waals surface area (Å²) in [5.41, 5.74) is 2.20. The first-order valence-corrected chi connectivity index (χ1v) is 14.3. The predicted octanol–water partition coefficient (Wildman–Crippen LogP) is 4.46. The van der Waals surface area contributed by atoms with E-state index in [1.54, 1.807) is 19.1 Å². The van der Waals surface area contributed by atoms with Crippen LogP contribution in [-0.4, -0.2) is 50.5 Å². The van der Waals surface area contributed by atoms with E-state index < -0.39 is 28.5 Å². The molecule has 0 aliphatic heterocycles. The smallest absolute Gasteiger partial charge is 0.244 e. The highest BCUT2D eigenvalue weighted by molar-refractivity contribution is 9.10. The van der Waals surface area contributed by atoms with E-state index in [2.05, 4.69) is 42.0 Å². The van der Waals surface area contributed by atoms with Crippen LogP contribution in [0.5, 0.6) is 0 Å². The average molecular weight is 567 g/mol. The topological polar surface area (TPSA) is 86.8 Å². The normalized spacial score (nSPS) is 12.7. The highest BCUT2D eigenvalue weighted by Crippen LogP contribution is 2.26. The summed E-state index contributed by atoms with van der Waals surface area (Å²) in [7, 11) is -3.75. The number of hydrogen-bond acceptors (Lipinski definition) is 4. The summed E-state index contributed by atoms with van der Waals surface area (Å²) in [6, 6.07) is 13.8. The summed E-state index contributed by atoms with van der Waals surface area (Å²) in [5.74, 6) is -0.741. The van der Waals surface area contributed by atoms with E-state index in [0.717, 1.165) is 32.6 Å². The van der Waals surface area contributed by atoms with Gasteiger partial charge in [-0.15, -0.1) is 0 Å². The third kappa shape index (κ3) is 8.35. The lowest BCUT2D eigenvalue weighted by Crippen LogP contribution is -2.51. The Bertz CT molecular complexity index is 1110. The summed E-state index contributed by atoms with van der Waals surface area (Å²) in [6.07, 6.45) is 1.85. The lowest BCUT2D eigenvalue weighted by atomic mass is 9.87. The first-order valence-electron chi connectivity index (χ1n) is 11.6. The zero-order chi connectivity index (χ0) is 26.4. The Labute approximate surface area is 218 Å². The second-order valence-electron chi connectivity index (χ2n) is 9.68. The monoisotopic (exact) mass is 565 g/mol. The Balaban J connectivity index is 2.37. The van der Waals surface area contributed by atoms with Crippen molar-refractivity contribution in [3.63, 3.8) is 0 Å². The van der Waals surface area contributed by atoms with E-state index in [1.165, 1.54) is 4.90 Å². The van der Waals surface area contributed by atoms with Crippen molar-refractivity contribution >= 4 is 43.5 Å². The van der Waals surface area contributed by atoms with Crippen LogP contribution in [-0.2, 0) is 31.6 Å². The highest BCUT2D eigenvalue weighted by Gasteiger charge is 2.30.